The highest BCUT2D eigenvalue weighted by atomic mass is 16.5. The van der Waals surface area contributed by atoms with Gasteiger partial charge in [-0.2, -0.15) is 0 Å². The van der Waals surface area contributed by atoms with Crippen molar-refractivity contribution in [2.75, 3.05) is 6.61 Å². The second-order valence-corrected chi connectivity index (χ2v) is 6.71. The lowest BCUT2D eigenvalue weighted by molar-refractivity contribution is 0.0475. The Morgan fingerprint density at radius 2 is 1.55 bits per heavy atom. The van der Waals surface area contributed by atoms with Crippen LogP contribution in [0.4, 0.5) is 0 Å². The second-order valence-electron chi connectivity index (χ2n) is 6.71. The standard InChI is InChI=1S/C24H19NO4/c1-25-20-10-6-5-9-19(20)22(23(25)16-7-3-2-4-8-16)21(27)15-29-24(28)17-11-13-18(26)14-12-17/h2-14,26H,15H2,1H3. The number of benzene rings is 3. The summed E-state index contributed by atoms with van der Waals surface area (Å²) in [6, 6.07) is 23.1. The number of esters is 1. The molecule has 0 radical (unpaired) electrons. The fourth-order valence-corrected chi connectivity index (χ4v) is 3.49. The summed E-state index contributed by atoms with van der Waals surface area (Å²) in [6.45, 7) is -0.368. The highest BCUT2D eigenvalue weighted by Gasteiger charge is 2.23. The summed E-state index contributed by atoms with van der Waals surface area (Å²) in [4.78, 5) is 25.4. The minimum Gasteiger partial charge on any atom is -0.508 e. The zero-order chi connectivity index (χ0) is 20.4. The van der Waals surface area contributed by atoms with Gasteiger partial charge in [-0.15, -0.1) is 0 Å². The van der Waals surface area contributed by atoms with Crippen molar-refractivity contribution in [3.05, 3.63) is 90.0 Å². The van der Waals surface area contributed by atoms with Crippen LogP contribution in [-0.2, 0) is 11.8 Å². The smallest absolute Gasteiger partial charge is 0.338 e. The van der Waals surface area contributed by atoms with Crippen molar-refractivity contribution in [2.24, 2.45) is 7.05 Å². The van der Waals surface area contributed by atoms with Crippen LogP contribution in [0.1, 0.15) is 20.7 Å². The number of hydrogen-bond acceptors (Lipinski definition) is 4. The van der Waals surface area contributed by atoms with Crippen LogP contribution in [0, 0.1) is 0 Å². The Hall–Kier alpha value is -3.86. The van der Waals surface area contributed by atoms with E-state index in [0.29, 0.717) is 5.56 Å². The number of carbonyl (C=O) groups is 2. The van der Waals surface area contributed by atoms with Gasteiger partial charge in [0.05, 0.1) is 16.8 Å². The monoisotopic (exact) mass is 385 g/mol. The van der Waals surface area contributed by atoms with Crippen LogP contribution in [0.5, 0.6) is 5.75 Å². The number of carbonyl (C=O) groups excluding carboxylic acids is 2. The maximum absolute atomic E-state index is 13.1. The van der Waals surface area contributed by atoms with E-state index in [1.54, 1.807) is 0 Å². The average Bonchev–Trinajstić information content (AvgIpc) is 3.06. The van der Waals surface area contributed by atoms with E-state index in [1.165, 1.54) is 24.3 Å². The quantitative estimate of drug-likeness (QED) is 0.403. The third kappa shape index (κ3) is 3.50. The first-order chi connectivity index (χ1) is 14.1. The Kier molecular flexibility index (Phi) is 4.87. The van der Waals surface area contributed by atoms with Crippen molar-refractivity contribution in [1.29, 1.82) is 0 Å². The van der Waals surface area contributed by atoms with Crippen LogP contribution in [0.2, 0.25) is 0 Å². The lowest BCUT2D eigenvalue weighted by atomic mass is 10.0. The van der Waals surface area contributed by atoms with Gasteiger partial charge in [0.1, 0.15) is 5.75 Å². The van der Waals surface area contributed by atoms with E-state index in [2.05, 4.69) is 0 Å². The Labute approximate surface area is 167 Å². The predicted molar refractivity (Wildman–Crippen MR) is 111 cm³/mol. The van der Waals surface area contributed by atoms with E-state index in [4.69, 9.17) is 4.74 Å². The van der Waals surface area contributed by atoms with Crippen LogP contribution < -0.4 is 0 Å². The number of nitrogens with zero attached hydrogens (tertiary/aromatic N) is 1. The molecule has 144 valence electrons. The van der Waals surface area contributed by atoms with E-state index in [-0.39, 0.29) is 23.7 Å². The minimum atomic E-state index is -0.611. The average molecular weight is 385 g/mol. The van der Waals surface area contributed by atoms with Crippen LogP contribution in [0.3, 0.4) is 0 Å². The molecule has 0 aliphatic rings. The van der Waals surface area contributed by atoms with Crippen molar-refractivity contribution in [3.8, 4) is 17.0 Å². The molecule has 0 saturated carbocycles. The number of aromatic nitrogens is 1. The van der Waals surface area contributed by atoms with Gasteiger partial charge in [0.15, 0.2) is 6.61 Å². The maximum atomic E-state index is 13.1. The van der Waals surface area contributed by atoms with Gasteiger partial charge < -0.3 is 14.4 Å². The molecule has 29 heavy (non-hydrogen) atoms. The van der Waals surface area contributed by atoms with Crippen molar-refractivity contribution < 1.29 is 19.4 Å². The fraction of sp³-hybridized carbons (Fsp3) is 0.0833. The molecule has 1 N–H and O–H groups in total. The molecule has 4 rings (SSSR count). The first-order valence-corrected chi connectivity index (χ1v) is 9.18. The number of aryl methyl sites for hydroxylation is 1. The van der Waals surface area contributed by atoms with Crippen LogP contribution in [0.25, 0.3) is 22.2 Å². The molecular formula is C24H19NO4. The van der Waals surface area contributed by atoms with Crippen molar-refractivity contribution in [2.45, 2.75) is 0 Å². The molecule has 0 aliphatic heterocycles. The summed E-state index contributed by atoms with van der Waals surface area (Å²) in [5, 5.41) is 10.2. The summed E-state index contributed by atoms with van der Waals surface area (Å²) in [7, 11) is 1.92. The molecule has 3 aromatic carbocycles. The fourth-order valence-electron chi connectivity index (χ4n) is 3.49. The third-order valence-corrected chi connectivity index (χ3v) is 4.87. The normalized spacial score (nSPS) is 10.8. The summed E-state index contributed by atoms with van der Waals surface area (Å²) in [6.07, 6.45) is 0. The molecule has 0 fully saturated rings. The second kappa shape index (κ2) is 7.64. The number of Topliss-reactive ketones (excluding diaryl/α,β-unsaturated/α-hetero) is 1. The van der Waals surface area contributed by atoms with Gasteiger partial charge in [0.25, 0.3) is 0 Å². The van der Waals surface area contributed by atoms with Crippen molar-refractivity contribution in [1.82, 2.24) is 4.57 Å². The highest BCUT2D eigenvalue weighted by Crippen LogP contribution is 2.33. The molecule has 0 unspecified atom stereocenters. The van der Waals surface area contributed by atoms with Gasteiger partial charge in [0, 0.05) is 18.0 Å². The molecule has 0 aliphatic carbocycles. The number of ether oxygens (including phenoxy) is 1. The Bertz CT molecular complexity index is 1190. The zero-order valence-corrected chi connectivity index (χ0v) is 15.8. The Morgan fingerprint density at radius 3 is 2.28 bits per heavy atom. The number of para-hydroxylation sites is 1. The van der Waals surface area contributed by atoms with Gasteiger partial charge in [-0.25, -0.2) is 4.79 Å². The van der Waals surface area contributed by atoms with Gasteiger partial charge >= 0.3 is 5.97 Å². The van der Waals surface area contributed by atoms with E-state index in [0.717, 1.165) is 22.2 Å². The van der Waals surface area contributed by atoms with Crippen LogP contribution in [-0.4, -0.2) is 28.0 Å². The van der Waals surface area contributed by atoms with Gasteiger partial charge in [-0.3, -0.25) is 4.79 Å². The van der Waals surface area contributed by atoms with E-state index in [1.807, 2.05) is 66.2 Å². The van der Waals surface area contributed by atoms with Crippen molar-refractivity contribution in [3.63, 3.8) is 0 Å². The SMILES string of the molecule is Cn1c(-c2ccccc2)c(C(=O)COC(=O)c2ccc(O)cc2)c2ccccc21. The molecule has 0 amide bonds. The Balaban J connectivity index is 1.68. The number of phenols is 1. The summed E-state index contributed by atoms with van der Waals surface area (Å²) in [5.41, 5.74) is 3.45. The molecule has 5 nitrogen and oxygen atoms in total. The largest absolute Gasteiger partial charge is 0.508 e. The molecular weight excluding hydrogens is 366 g/mol. The molecule has 0 atom stereocenters. The van der Waals surface area contributed by atoms with Crippen LogP contribution >= 0.6 is 0 Å². The van der Waals surface area contributed by atoms with Gasteiger partial charge in [0.2, 0.25) is 5.78 Å². The summed E-state index contributed by atoms with van der Waals surface area (Å²) in [5.74, 6) is -0.825. The minimum absolute atomic E-state index is 0.0564. The first kappa shape index (κ1) is 18.5. The van der Waals surface area contributed by atoms with E-state index in [9.17, 15) is 14.7 Å². The molecule has 0 bridgehead atoms. The number of phenolic OH excluding ortho intramolecular Hbond substituents is 1. The first-order valence-electron chi connectivity index (χ1n) is 9.18. The number of fused-ring (bicyclic) bond motifs is 1. The number of ketones is 1. The summed E-state index contributed by atoms with van der Waals surface area (Å²) < 4.78 is 7.24. The highest BCUT2D eigenvalue weighted by molar-refractivity contribution is 6.14. The molecule has 1 heterocycles. The van der Waals surface area contributed by atoms with E-state index >= 15 is 0 Å². The molecule has 0 spiro atoms. The lowest BCUT2D eigenvalue weighted by Gasteiger charge is -2.09. The molecule has 1 aromatic heterocycles. The molecule has 4 aromatic rings. The van der Waals surface area contributed by atoms with Crippen molar-refractivity contribution >= 4 is 22.7 Å². The predicted octanol–water partition coefficient (Wildman–Crippen LogP) is 4.59. The van der Waals surface area contributed by atoms with Crippen LogP contribution in [0.15, 0.2) is 78.9 Å². The third-order valence-electron chi connectivity index (χ3n) is 4.87. The maximum Gasteiger partial charge on any atom is 0.338 e. The molecule has 0 saturated heterocycles. The number of hydrogen-bond donors (Lipinski definition) is 1. The Morgan fingerprint density at radius 1 is 0.897 bits per heavy atom. The van der Waals surface area contributed by atoms with Gasteiger partial charge in [-0.1, -0.05) is 48.5 Å². The van der Waals surface area contributed by atoms with Gasteiger partial charge in [-0.05, 0) is 35.9 Å². The number of rotatable bonds is 5. The van der Waals surface area contributed by atoms with E-state index < -0.39 is 5.97 Å². The molecule has 5 heteroatoms. The topological polar surface area (TPSA) is 68.5 Å². The lowest BCUT2D eigenvalue weighted by Crippen LogP contribution is -2.15. The number of aromatic hydroxyl groups is 1. The summed E-state index contributed by atoms with van der Waals surface area (Å²) >= 11 is 0. The zero-order valence-electron chi connectivity index (χ0n) is 15.8.